The first-order valence-electron chi connectivity index (χ1n) is 10.9. The summed E-state index contributed by atoms with van der Waals surface area (Å²) in [5.41, 5.74) is 4.14. The van der Waals surface area contributed by atoms with Gasteiger partial charge in [0.2, 0.25) is 10.0 Å². The minimum Gasteiger partial charge on any atom is -0.480 e. The number of carboxylic acids is 1. The summed E-state index contributed by atoms with van der Waals surface area (Å²) >= 11 is 1.40. The van der Waals surface area contributed by atoms with Crippen LogP contribution in [0.4, 0.5) is 0 Å². The number of sulfonamides is 1. The summed E-state index contributed by atoms with van der Waals surface area (Å²) in [5.74, 6) is -1.12. The zero-order chi connectivity index (χ0) is 23.9. The molecule has 0 spiro atoms. The van der Waals surface area contributed by atoms with Gasteiger partial charge in [-0.1, -0.05) is 61.5 Å². The Hall–Kier alpha value is -3.27. The molecule has 2 aromatic carbocycles. The SMILES string of the molecule is CCC(C(=O)O)N1Cc2sc(-c3ccc(-c4cnn(Cc5ccccc5)c4)cc3)cc2S1(=O)=O. The van der Waals surface area contributed by atoms with Gasteiger partial charge in [0, 0.05) is 21.5 Å². The van der Waals surface area contributed by atoms with Gasteiger partial charge in [0.05, 0.1) is 24.2 Å². The number of benzene rings is 2. The predicted molar refractivity (Wildman–Crippen MR) is 131 cm³/mol. The Labute approximate surface area is 202 Å². The van der Waals surface area contributed by atoms with E-state index in [1.807, 2.05) is 59.5 Å². The van der Waals surface area contributed by atoms with Gasteiger partial charge in [-0.3, -0.25) is 9.48 Å². The van der Waals surface area contributed by atoms with Crippen LogP contribution in [-0.2, 0) is 27.9 Å². The lowest BCUT2D eigenvalue weighted by Crippen LogP contribution is -2.40. The highest BCUT2D eigenvalue weighted by molar-refractivity contribution is 7.89. The zero-order valence-electron chi connectivity index (χ0n) is 18.5. The fourth-order valence-electron chi connectivity index (χ4n) is 4.21. The highest BCUT2D eigenvalue weighted by atomic mass is 32.2. The number of aromatic nitrogens is 2. The van der Waals surface area contributed by atoms with Gasteiger partial charge < -0.3 is 5.11 Å². The van der Waals surface area contributed by atoms with Gasteiger partial charge in [-0.25, -0.2) is 8.42 Å². The van der Waals surface area contributed by atoms with Crippen molar-refractivity contribution in [1.82, 2.24) is 14.1 Å². The highest BCUT2D eigenvalue weighted by Crippen LogP contribution is 2.42. The molecule has 1 N–H and O–H groups in total. The third-order valence-electron chi connectivity index (χ3n) is 6.00. The molecular weight excluding hydrogens is 470 g/mol. The standard InChI is InChI=1S/C25H23N3O4S2/c1-2-21(25(29)30)28-16-23-24(34(28,31)32)12-22(33-23)19-10-8-18(9-11-19)20-13-26-27(15-20)14-17-6-4-3-5-7-17/h3-13,15,21H,2,14,16H2,1H3,(H,29,30). The highest BCUT2D eigenvalue weighted by Gasteiger charge is 2.43. The monoisotopic (exact) mass is 493 g/mol. The van der Waals surface area contributed by atoms with E-state index < -0.39 is 22.0 Å². The first-order valence-corrected chi connectivity index (χ1v) is 13.2. The molecule has 34 heavy (non-hydrogen) atoms. The molecule has 174 valence electrons. The maximum Gasteiger partial charge on any atom is 0.322 e. The van der Waals surface area contributed by atoms with Gasteiger partial charge in [0.1, 0.15) is 6.04 Å². The van der Waals surface area contributed by atoms with Crippen LogP contribution in [0.3, 0.4) is 0 Å². The third-order valence-corrected chi connectivity index (χ3v) is 9.22. The number of carbonyl (C=O) groups is 1. The van der Waals surface area contributed by atoms with Crippen molar-refractivity contribution in [3.05, 3.63) is 83.5 Å². The molecular formula is C25H23N3O4S2. The molecule has 1 unspecified atom stereocenters. The van der Waals surface area contributed by atoms with Crippen LogP contribution in [0.1, 0.15) is 23.8 Å². The minimum absolute atomic E-state index is 0.103. The van der Waals surface area contributed by atoms with E-state index in [9.17, 15) is 18.3 Å². The van der Waals surface area contributed by atoms with Crippen molar-refractivity contribution in [2.75, 3.05) is 0 Å². The molecule has 0 aliphatic carbocycles. The van der Waals surface area contributed by atoms with Crippen molar-refractivity contribution in [3.8, 4) is 21.6 Å². The maximum absolute atomic E-state index is 13.0. The van der Waals surface area contributed by atoms with Crippen molar-refractivity contribution < 1.29 is 18.3 Å². The lowest BCUT2D eigenvalue weighted by atomic mass is 10.1. The number of fused-ring (bicyclic) bond motifs is 1. The Balaban J connectivity index is 1.35. The Morgan fingerprint density at radius 3 is 2.44 bits per heavy atom. The number of aliphatic carboxylic acids is 1. The summed E-state index contributed by atoms with van der Waals surface area (Å²) in [5, 5.41) is 13.9. The van der Waals surface area contributed by atoms with Crippen molar-refractivity contribution in [1.29, 1.82) is 0 Å². The summed E-state index contributed by atoms with van der Waals surface area (Å²) in [7, 11) is -3.81. The number of hydrogen-bond donors (Lipinski definition) is 1. The zero-order valence-corrected chi connectivity index (χ0v) is 20.1. The Bertz CT molecular complexity index is 1440. The van der Waals surface area contributed by atoms with Gasteiger partial charge >= 0.3 is 5.97 Å². The van der Waals surface area contributed by atoms with E-state index in [-0.39, 0.29) is 17.9 Å². The van der Waals surface area contributed by atoms with E-state index in [1.165, 1.54) is 16.9 Å². The van der Waals surface area contributed by atoms with Crippen molar-refractivity contribution in [3.63, 3.8) is 0 Å². The summed E-state index contributed by atoms with van der Waals surface area (Å²) in [6, 6.07) is 18.7. The van der Waals surface area contributed by atoms with Crippen LogP contribution in [0.2, 0.25) is 0 Å². The minimum atomic E-state index is -3.81. The number of hydrogen-bond acceptors (Lipinski definition) is 5. The van der Waals surface area contributed by atoms with E-state index in [4.69, 9.17) is 0 Å². The van der Waals surface area contributed by atoms with Crippen LogP contribution in [-0.4, -0.2) is 39.6 Å². The summed E-state index contributed by atoms with van der Waals surface area (Å²) < 4.78 is 28.9. The van der Waals surface area contributed by atoms with E-state index in [0.29, 0.717) is 11.4 Å². The average molecular weight is 494 g/mol. The Morgan fingerprint density at radius 2 is 1.79 bits per heavy atom. The van der Waals surface area contributed by atoms with E-state index in [0.717, 1.165) is 25.9 Å². The summed E-state index contributed by atoms with van der Waals surface area (Å²) in [6.45, 7) is 2.48. The van der Waals surface area contributed by atoms with Gasteiger partial charge in [-0.05, 0) is 29.2 Å². The molecule has 0 bridgehead atoms. The lowest BCUT2D eigenvalue weighted by molar-refractivity contribution is -0.141. The second-order valence-corrected chi connectivity index (χ2v) is 11.2. The fourth-order valence-corrected chi connectivity index (χ4v) is 7.61. The van der Waals surface area contributed by atoms with Gasteiger partial charge in [-0.2, -0.15) is 9.40 Å². The topological polar surface area (TPSA) is 92.5 Å². The number of nitrogens with zero attached hydrogens (tertiary/aromatic N) is 3. The molecule has 1 aliphatic rings. The first-order chi connectivity index (χ1) is 16.4. The smallest absolute Gasteiger partial charge is 0.322 e. The average Bonchev–Trinajstić information content (AvgIpc) is 3.52. The molecule has 0 radical (unpaired) electrons. The molecule has 0 amide bonds. The molecule has 7 nitrogen and oxygen atoms in total. The summed E-state index contributed by atoms with van der Waals surface area (Å²) in [4.78, 5) is 13.3. The van der Waals surface area contributed by atoms with Crippen LogP contribution in [0.5, 0.6) is 0 Å². The molecule has 0 saturated carbocycles. The van der Waals surface area contributed by atoms with Crippen molar-refractivity contribution >= 4 is 27.3 Å². The van der Waals surface area contributed by atoms with Crippen LogP contribution in [0, 0.1) is 0 Å². The molecule has 1 aliphatic heterocycles. The maximum atomic E-state index is 13.0. The van der Waals surface area contributed by atoms with E-state index in [2.05, 4.69) is 17.2 Å². The van der Waals surface area contributed by atoms with Crippen molar-refractivity contribution in [2.45, 2.75) is 37.4 Å². The molecule has 4 aromatic rings. The second-order valence-electron chi connectivity index (χ2n) is 8.20. The van der Waals surface area contributed by atoms with Crippen LogP contribution in [0.15, 0.2) is 78.0 Å². The van der Waals surface area contributed by atoms with Gasteiger partial charge in [-0.15, -0.1) is 11.3 Å². The number of carboxylic acid groups (broad SMARTS) is 1. The van der Waals surface area contributed by atoms with Crippen LogP contribution < -0.4 is 0 Å². The first kappa shape index (κ1) is 22.5. The molecule has 1 atom stereocenters. The predicted octanol–water partition coefficient (Wildman–Crippen LogP) is 4.69. The number of thiophene rings is 1. The normalized spacial score (nSPS) is 15.8. The second kappa shape index (κ2) is 8.83. The fraction of sp³-hybridized carbons (Fsp3) is 0.200. The van der Waals surface area contributed by atoms with Gasteiger partial charge in [0.25, 0.3) is 0 Å². The molecule has 0 fully saturated rings. The molecule has 0 saturated heterocycles. The van der Waals surface area contributed by atoms with Crippen molar-refractivity contribution in [2.24, 2.45) is 0 Å². The largest absolute Gasteiger partial charge is 0.480 e. The van der Waals surface area contributed by atoms with E-state index >= 15 is 0 Å². The van der Waals surface area contributed by atoms with Gasteiger partial charge in [0.15, 0.2) is 0 Å². The van der Waals surface area contributed by atoms with Crippen LogP contribution >= 0.6 is 11.3 Å². The molecule has 2 aromatic heterocycles. The quantitative estimate of drug-likeness (QED) is 0.403. The number of rotatable bonds is 7. The lowest BCUT2D eigenvalue weighted by Gasteiger charge is -2.21. The molecule has 5 rings (SSSR count). The molecule has 9 heteroatoms. The third kappa shape index (κ3) is 4.06. The van der Waals surface area contributed by atoms with E-state index in [1.54, 1.807) is 13.0 Å². The Morgan fingerprint density at radius 1 is 1.09 bits per heavy atom. The molecule has 3 heterocycles. The summed E-state index contributed by atoms with van der Waals surface area (Å²) in [6.07, 6.45) is 4.07. The van der Waals surface area contributed by atoms with Crippen LogP contribution in [0.25, 0.3) is 21.6 Å². The Kier molecular flexibility index (Phi) is 5.85.